The number of nitrogens with zero attached hydrogens (tertiary/aromatic N) is 1. The highest BCUT2D eigenvalue weighted by Gasteiger charge is 2.19. The van der Waals surface area contributed by atoms with E-state index >= 15 is 0 Å². The average Bonchev–Trinajstić information content (AvgIpc) is 2.77. The van der Waals surface area contributed by atoms with Crippen LogP contribution in [0, 0.1) is 19.7 Å². The highest BCUT2D eigenvalue weighted by Crippen LogP contribution is 2.21. The standard InChI is InChI=1S/C12H14FN3O3S/c1-7-3-10(13)11(14)5-12(7)20(17,18)15-6-9-4-8(2)19-16-9/h3-5,15H,6,14H2,1-2H3. The quantitative estimate of drug-likeness (QED) is 0.833. The van der Waals surface area contributed by atoms with Crippen molar-refractivity contribution in [2.24, 2.45) is 0 Å². The highest BCUT2D eigenvalue weighted by molar-refractivity contribution is 7.89. The van der Waals surface area contributed by atoms with Gasteiger partial charge in [-0.25, -0.2) is 17.5 Å². The van der Waals surface area contributed by atoms with Gasteiger partial charge in [0.2, 0.25) is 10.0 Å². The number of aryl methyl sites for hydroxylation is 2. The van der Waals surface area contributed by atoms with E-state index in [4.69, 9.17) is 10.3 Å². The summed E-state index contributed by atoms with van der Waals surface area (Å²) in [5.41, 5.74) is 5.92. The predicted molar refractivity (Wildman–Crippen MR) is 70.8 cm³/mol. The molecule has 2 rings (SSSR count). The SMILES string of the molecule is Cc1cc(CNS(=O)(=O)c2cc(N)c(F)cc2C)no1. The van der Waals surface area contributed by atoms with Crippen molar-refractivity contribution in [3.63, 3.8) is 0 Å². The molecule has 0 saturated heterocycles. The summed E-state index contributed by atoms with van der Waals surface area (Å²) in [6.07, 6.45) is 0. The summed E-state index contributed by atoms with van der Waals surface area (Å²) < 4.78 is 44.7. The molecule has 0 spiro atoms. The fourth-order valence-electron chi connectivity index (χ4n) is 1.71. The van der Waals surface area contributed by atoms with Crippen molar-refractivity contribution in [1.82, 2.24) is 9.88 Å². The Labute approximate surface area is 115 Å². The van der Waals surface area contributed by atoms with Gasteiger partial charge >= 0.3 is 0 Å². The molecule has 20 heavy (non-hydrogen) atoms. The van der Waals surface area contributed by atoms with Gasteiger partial charge in [-0.15, -0.1) is 0 Å². The summed E-state index contributed by atoms with van der Waals surface area (Å²) in [7, 11) is -3.80. The van der Waals surface area contributed by atoms with E-state index in [2.05, 4.69) is 9.88 Å². The van der Waals surface area contributed by atoms with Gasteiger partial charge < -0.3 is 10.3 Å². The van der Waals surface area contributed by atoms with Gasteiger partial charge in [0, 0.05) is 6.07 Å². The molecule has 2 aromatic rings. The summed E-state index contributed by atoms with van der Waals surface area (Å²) in [6.45, 7) is 3.18. The highest BCUT2D eigenvalue weighted by atomic mass is 32.2. The van der Waals surface area contributed by atoms with E-state index in [0.717, 1.165) is 12.1 Å². The number of anilines is 1. The number of halogens is 1. The summed E-state index contributed by atoms with van der Waals surface area (Å²) in [4.78, 5) is -0.0587. The lowest BCUT2D eigenvalue weighted by molar-refractivity contribution is 0.390. The van der Waals surface area contributed by atoms with Crippen molar-refractivity contribution < 1.29 is 17.3 Å². The minimum atomic E-state index is -3.80. The van der Waals surface area contributed by atoms with E-state index in [1.54, 1.807) is 13.0 Å². The van der Waals surface area contributed by atoms with Crippen LogP contribution in [0.5, 0.6) is 0 Å². The van der Waals surface area contributed by atoms with Gasteiger partial charge in [0.25, 0.3) is 0 Å². The molecule has 0 saturated carbocycles. The monoisotopic (exact) mass is 299 g/mol. The summed E-state index contributed by atoms with van der Waals surface area (Å²) in [5, 5.41) is 3.68. The molecular weight excluding hydrogens is 285 g/mol. The molecule has 3 N–H and O–H groups in total. The van der Waals surface area contributed by atoms with Crippen molar-refractivity contribution in [1.29, 1.82) is 0 Å². The number of nitrogen functional groups attached to an aromatic ring is 1. The average molecular weight is 299 g/mol. The van der Waals surface area contributed by atoms with Crippen LogP contribution in [-0.2, 0) is 16.6 Å². The first-order valence-corrected chi connectivity index (χ1v) is 7.25. The second-order valence-corrected chi connectivity index (χ2v) is 6.13. The number of nitrogens with two attached hydrogens (primary N) is 1. The lowest BCUT2D eigenvalue weighted by Crippen LogP contribution is -2.24. The first-order valence-electron chi connectivity index (χ1n) is 5.77. The second kappa shape index (κ2) is 5.22. The van der Waals surface area contributed by atoms with Gasteiger partial charge in [-0.05, 0) is 31.5 Å². The molecule has 0 aliphatic rings. The molecule has 0 atom stereocenters. The third-order valence-electron chi connectivity index (χ3n) is 2.70. The van der Waals surface area contributed by atoms with Gasteiger partial charge in [0.05, 0.1) is 22.8 Å². The van der Waals surface area contributed by atoms with Crippen LogP contribution < -0.4 is 10.5 Å². The molecule has 0 fully saturated rings. The number of nitrogens with one attached hydrogen (secondary N) is 1. The summed E-state index contributed by atoms with van der Waals surface area (Å²) >= 11 is 0. The number of hydrogen-bond acceptors (Lipinski definition) is 5. The van der Waals surface area contributed by atoms with Gasteiger partial charge in [0.15, 0.2) is 0 Å². The number of sulfonamides is 1. The molecule has 6 nitrogen and oxygen atoms in total. The Bertz CT molecular complexity index is 740. The molecule has 1 aromatic carbocycles. The molecule has 1 heterocycles. The maximum Gasteiger partial charge on any atom is 0.241 e. The van der Waals surface area contributed by atoms with E-state index in [1.807, 2.05) is 0 Å². The van der Waals surface area contributed by atoms with Crippen LogP contribution >= 0.6 is 0 Å². The zero-order valence-corrected chi connectivity index (χ0v) is 11.8. The number of benzene rings is 1. The minimum Gasteiger partial charge on any atom is -0.396 e. The molecule has 0 bridgehead atoms. The third kappa shape index (κ3) is 2.97. The Morgan fingerprint density at radius 2 is 2.05 bits per heavy atom. The summed E-state index contributed by atoms with van der Waals surface area (Å²) in [5.74, 6) is -0.0602. The predicted octanol–water partition coefficient (Wildman–Crippen LogP) is 1.49. The van der Waals surface area contributed by atoms with Crippen molar-refractivity contribution in [2.45, 2.75) is 25.3 Å². The molecule has 0 aliphatic heterocycles. The van der Waals surface area contributed by atoms with E-state index in [1.165, 1.54) is 6.92 Å². The Kier molecular flexibility index (Phi) is 3.78. The van der Waals surface area contributed by atoms with Crippen molar-refractivity contribution >= 4 is 15.7 Å². The Hall–Kier alpha value is -1.93. The summed E-state index contributed by atoms with van der Waals surface area (Å²) in [6, 6.07) is 3.81. The van der Waals surface area contributed by atoms with Crippen LogP contribution in [0.2, 0.25) is 0 Å². The van der Waals surface area contributed by atoms with Crippen LogP contribution in [0.25, 0.3) is 0 Å². The van der Waals surface area contributed by atoms with Gasteiger partial charge in [0.1, 0.15) is 11.6 Å². The smallest absolute Gasteiger partial charge is 0.241 e. The minimum absolute atomic E-state index is 0.0175. The maximum absolute atomic E-state index is 13.2. The molecule has 108 valence electrons. The first kappa shape index (κ1) is 14.5. The zero-order valence-electron chi connectivity index (χ0n) is 11.0. The maximum atomic E-state index is 13.2. The van der Waals surface area contributed by atoms with Gasteiger partial charge in [-0.2, -0.15) is 0 Å². The van der Waals surface area contributed by atoms with Gasteiger partial charge in [-0.3, -0.25) is 0 Å². The Morgan fingerprint density at radius 1 is 1.35 bits per heavy atom. The third-order valence-corrected chi connectivity index (χ3v) is 4.25. The number of hydrogen-bond donors (Lipinski definition) is 2. The van der Waals surface area contributed by atoms with Crippen LogP contribution in [-0.4, -0.2) is 13.6 Å². The normalized spacial score (nSPS) is 11.8. The zero-order chi connectivity index (χ0) is 14.9. The van der Waals surface area contributed by atoms with Crippen LogP contribution in [0.4, 0.5) is 10.1 Å². The van der Waals surface area contributed by atoms with E-state index in [-0.39, 0.29) is 22.7 Å². The molecule has 8 heteroatoms. The lowest BCUT2D eigenvalue weighted by atomic mass is 10.2. The fraction of sp³-hybridized carbons (Fsp3) is 0.250. The lowest BCUT2D eigenvalue weighted by Gasteiger charge is -2.09. The van der Waals surface area contributed by atoms with E-state index in [0.29, 0.717) is 11.5 Å². The molecule has 1 aromatic heterocycles. The molecule has 0 radical (unpaired) electrons. The Balaban J connectivity index is 2.24. The topological polar surface area (TPSA) is 98.2 Å². The van der Waals surface area contributed by atoms with E-state index < -0.39 is 15.8 Å². The van der Waals surface area contributed by atoms with Crippen molar-refractivity contribution in [2.75, 3.05) is 5.73 Å². The van der Waals surface area contributed by atoms with Crippen molar-refractivity contribution in [3.05, 3.63) is 41.0 Å². The van der Waals surface area contributed by atoms with E-state index in [9.17, 15) is 12.8 Å². The first-order chi connectivity index (χ1) is 9.29. The largest absolute Gasteiger partial charge is 0.396 e. The Morgan fingerprint density at radius 3 is 2.65 bits per heavy atom. The number of rotatable bonds is 4. The molecule has 0 aliphatic carbocycles. The fourth-order valence-corrected chi connectivity index (χ4v) is 2.96. The van der Waals surface area contributed by atoms with Crippen LogP contribution in [0.3, 0.4) is 0 Å². The second-order valence-electron chi connectivity index (χ2n) is 4.39. The molecular formula is C12H14FN3O3S. The van der Waals surface area contributed by atoms with Crippen LogP contribution in [0.1, 0.15) is 17.0 Å². The van der Waals surface area contributed by atoms with Crippen LogP contribution in [0.15, 0.2) is 27.6 Å². The number of aromatic nitrogens is 1. The molecule has 0 unspecified atom stereocenters. The van der Waals surface area contributed by atoms with Gasteiger partial charge in [-0.1, -0.05) is 5.16 Å². The van der Waals surface area contributed by atoms with Crippen molar-refractivity contribution in [3.8, 4) is 0 Å². The molecule has 0 amide bonds.